The van der Waals surface area contributed by atoms with Crippen LogP contribution in [0, 0.1) is 0 Å². The molecule has 0 radical (unpaired) electrons. The molecular formula is C25H33N3O3S2. The lowest BCUT2D eigenvalue weighted by molar-refractivity contribution is 0.0789. The van der Waals surface area contributed by atoms with Crippen LogP contribution in [0.25, 0.3) is 0 Å². The van der Waals surface area contributed by atoms with Crippen LogP contribution < -0.4 is 4.72 Å². The van der Waals surface area contributed by atoms with Gasteiger partial charge in [0.25, 0.3) is 5.91 Å². The summed E-state index contributed by atoms with van der Waals surface area (Å²) in [7, 11) is -3.73. The Kier molecular flexibility index (Phi) is 8.11. The van der Waals surface area contributed by atoms with Crippen molar-refractivity contribution in [1.82, 2.24) is 14.5 Å². The van der Waals surface area contributed by atoms with E-state index in [2.05, 4.69) is 21.8 Å². The van der Waals surface area contributed by atoms with E-state index >= 15 is 0 Å². The Morgan fingerprint density at radius 1 is 0.909 bits per heavy atom. The maximum absolute atomic E-state index is 13.0. The number of hydrogen-bond donors (Lipinski definition) is 1. The number of thioether (sulfide) groups is 1. The molecule has 4 rings (SSSR count). The van der Waals surface area contributed by atoms with E-state index in [4.69, 9.17) is 0 Å². The number of benzene rings is 2. The zero-order valence-electron chi connectivity index (χ0n) is 19.3. The van der Waals surface area contributed by atoms with Gasteiger partial charge in [0.15, 0.2) is 0 Å². The summed E-state index contributed by atoms with van der Waals surface area (Å²) in [5, 5.41) is 0. The molecule has 2 aromatic carbocycles. The molecule has 178 valence electrons. The molecule has 0 atom stereocenters. The highest BCUT2D eigenvalue weighted by Crippen LogP contribution is 2.26. The highest BCUT2D eigenvalue weighted by Gasteiger charge is 2.24. The highest BCUT2D eigenvalue weighted by atomic mass is 32.2. The lowest BCUT2D eigenvalue weighted by atomic mass is 10.1. The third-order valence-corrected chi connectivity index (χ3v) is 8.64. The number of hydrogen-bond acceptors (Lipinski definition) is 5. The number of nitrogens with zero attached hydrogens (tertiary/aromatic N) is 2. The second kappa shape index (κ2) is 11.0. The monoisotopic (exact) mass is 487 g/mol. The van der Waals surface area contributed by atoms with Crippen LogP contribution in [0.1, 0.15) is 53.6 Å². The van der Waals surface area contributed by atoms with Crippen LogP contribution in [0.5, 0.6) is 0 Å². The average molecular weight is 488 g/mol. The van der Waals surface area contributed by atoms with Crippen molar-refractivity contribution in [2.24, 2.45) is 0 Å². The largest absolute Gasteiger partial charge is 0.339 e. The topological polar surface area (TPSA) is 69.7 Å². The molecule has 2 fully saturated rings. The predicted octanol–water partition coefficient (Wildman–Crippen LogP) is 4.11. The first kappa shape index (κ1) is 24.3. The number of nitrogens with one attached hydrogen (secondary N) is 1. The van der Waals surface area contributed by atoms with Crippen LogP contribution in [0.2, 0.25) is 0 Å². The first-order valence-electron chi connectivity index (χ1n) is 11.7. The van der Waals surface area contributed by atoms with E-state index in [1.165, 1.54) is 42.7 Å². The zero-order valence-corrected chi connectivity index (χ0v) is 20.9. The molecule has 0 aromatic heterocycles. The molecule has 2 aliphatic rings. The number of piperidine rings is 1. The Labute approximate surface area is 201 Å². The van der Waals surface area contributed by atoms with Crippen LogP contribution in [0.4, 0.5) is 0 Å². The summed E-state index contributed by atoms with van der Waals surface area (Å²) in [5.74, 6) is -0.0850. The molecule has 2 aromatic rings. The Morgan fingerprint density at radius 2 is 1.55 bits per heavy atom. The van der Waals surface area contributed by atoms with Crippen LogP contribution in [-0.4, -0.2) is 56.6 Å². The Balaban J connectivity index is 1.41. The van der Waals surface area contributed by atoms with Crippen molar-refractivity contribution in [3.8, 4) is 0 Å². The van der Waals surface area contributed by atoms with Gasteiger partial charge in [-0.05, 0) is 74.4 Å². The molecule has 0 unspecified atom stereocenters. The van der Waals surface area contributed by atoms with Gasteiger partial charge in [-0.3, -0.25) is 9.69 Å². The summed E-state index contributed by atoms with van der Waals surface area (Å²) in [6, 6.07) is 13.0. The third-order valence-electron chi connectivity index (χ3n) is 6.45. The normalized spacial score (nSPS) is 17.4. The lowest BCUT2D eigenvalue weighted by Crippen LogP contribution is -2.29. The highest BCUT2D eigenvalue weighted by molar-refractivity contribution is 7.98. The molecule has 2 saturated heterocycles. The van der Waals surface area contributed by atoms with Crippen molar-refractivity contribution in [3.63, 3.8) is 0 Å². The molecule has 1 N–H and O–H groups in total. The minimum absolute atomic E-state index is 0.0850. The lowest BCUT2D eigenvalue weighted by Gasteiger charge is -2.26. The van der Waals surface area contributed by atoms with Gasteiger partial charge in [0.2, 0.25) is 10.0 Å². The SMILES string of the molecule is CSc1ccc(S(=O)(=O)NCc2ccc(CN3CCCCC3)cc2)cc1C(=O)N1CCCC1. The summed E-state index contributed by atoms with van der Waals surface area (Å²) < 4.78 is 28.7. The maximum atomic E-state index is 13.0. The predicted molar refractivity (Wildman–Crippen MR) is 133 cm³/mol. The van der Waals surface area contributed by atoms with Gasteiger partial charge in [0, 0.05) is 31.1 Å². The first-order chi connectivity index (χ1) is 16.0. The van der Waals surface area contributed by atoms with E-state index in [0.717, 1.165) is 56.0 Å². The average Bonchev–Trinajstić information content (AvgIpc) is 3.38. The van der Waals surface area contributed by atoms with E-state index in [9.17, 15) is 13.2 Å². The van der Waals surface area contributed by atoms with Gasteiger partial charge in [0.05, 0.1) is 10.5 Å². The van der Waals surface area contributed by atoms with Gasteiger partial charge >= 0.3 is 0 Å². The minimum Gasteiger partial charge on any atom is -0.339 e. The van der Waals surface area contributed by atoms with Crippen LogP contribution in [0.3, 0.4) is 0 Å². The number of likely N-dealkylation sites (tertiary alicyclic amines) is 2. The molecule has 0 saturated carbocycles. The maximum Gasteiger partial charge on any atom is 0.255 e. The van der Waals surface area contributed by atoms with Gasteiger partial charge in [-0.2, -0.15) is 0 Å². The minimum atomic E-state index is -3.73. The van der Waals surface area contributed by atoms with E-state index in [0.29, 0.717) is 5.56 Å². The van der Waals surface area contributed by atoms with E-state index < -0.39 is 10.0 Å². The fraction of sp³-hybridized carbons (Fsp3) is 0.480. The van der Waals surface area contributed by atoms with Crippen LogP contribution >= 0.6 is 11.8 Å². The standard InChI is InChI=1S/C25H33N3O3S2/c1-32-24-12-11-22(17-23(24)25(29)28-15-5-6-16-28)33(30,31)26-18-20-7-9-21(10-8-20)19-27-13-3-2-4-14-27/h7-12,17,26H,2-6,13-16,18-19H2,1H3. The molecule has 6 nitrogen and oxygen atoms in total. The van der Waals surface area contributed by atoms with Crippen LogP contribution in [0.15, 0.2) is 52.3 Å². The number of amides is 1. The second-order valence-corrected chi connectivity index (χ2v) is 11.5. The van der Waals surface area contributed by atoms with Crippen molar-refractivity contribution in [3.05, 3.63) is 59.2 Å². The molecule has 33 heavy (non-hydrogen) atoms. The van der Waals surface area contributed by atoms with E-state index in [1.54, 1.807) is 12.1 Å². The summed E-state index contributed by atoms with van der Waals surface area (Å²) in [6.45, 7) is 4.93. The third kappa shape index (κ3) is 6.18. The van der Waals surface area contributed by atoms with Gasteiger partial charge < -0.3 is 4.90 Å². The number of rotatable bonds is 8. The summed E-state index contributed by atoms with van der Waals surface area (Å²) in [6.07, 6.45) is 7.75. The molecular weight excluding hydrogens is 454 g/mol. The Morgan fingerprint density at radius 3 is 2.21 bits per heavy atom. The molecule has 8 heteroatoms. The molecule has 0 spiro atoms. The molecule has 2 aliphatic heterocycles. The van der Waals surface area contributed by atoms with Crippen molar-refractivity contribution in [1.29, 1.82) is 0 Å². The zero-order chi connectivity index (χ0) is 23.3. The first-order valence-corrected chi connectivity index (χ1v) is 14.4. The number of carbonyl (C=O) groups is 1. The van der Waals surface area contributed by atoms with Crippen molar-refractivity contribution >= 4 is 27.7 Å². The van der Waals surface area contributed by atoms with Crippen molar-refractivity contribution in [2.45, 2.75) is 55.0 Å². The van der Waals surface area contributed by atoms with Crippen molar-refractivity contribution < 1.29 is 13.2 Å². The smallest absolute Gasteiger partial charge is 0.255 e. The molecule has 0 aliphatic carbocycles. The van der Waals surface area contributed by atoms with Gasteiger partial charge in [-0.1, -0.05) is 30.7 Å². The Bertz CT molecular complexity index is 1060. The van der Waals surface area contributed by atoms with Gasteiger partial charge in [-0.25, -0.2) is 13.1 Å². The molecule has 2 heterocycles. The van der Waals surface area contributed by atoms with E-state index in [1.807, 2.05) is 23.3 Å². The Hall–Kier alpha value is -1.87. The summed E-state index contributed by atoms with van der Waals surface area (Å²) in [5.41, 5.74) is 2.63. The van der Waals surface area contributed by atoms with Crippen LogP contribution in [-0.2, 0) is 23.1 Å². The second-order valence-electron chi connectivity index (χ2n) is 8.84. The van der Waals surface area contributed by atoms with Gasteiger partial charge in [0.1, 0.15) is 0 Å². The summed E-state index contributed by atoms with van der Waals surface area (Å²) in [4.78, 5) is 18.2. The quantitative estimate of drug-likeness (QED) is 0.568. The molecule has 0 bridgehead atoms. The van der Waals surface area contributed by atoms with E-state index in [-0.39, 0.29) is 17.3 Å². The van der Waals surface area contributed by atoms with Gasteiger partial charge in [-0.15, -0.1) is 11.8 Å². The molecule has 1 amide bonds. The summed E-state index contributed by atoms with van der Waals surface area (Å²) >= 11 is 1.46. The fourth-order valence-electron chi connectivity index (χ4n) is 4.51. The number of carbonyl (C=O) groups excluding carboxylic acids is 1. The number of sulfonamides is 1. The van der Waals surface area contributed by atoms with Crippen molar-refractivity contribution in [2.75, 3.05) is 32.4 Å². The fourth-order valence-corrected chi connectivity index (χ4v) is 6.13.